The summed E-state index contributed by atoms with van der Waals surface area (Å²) in [6.45, 7) is 3.30. The van der Waals surface area contributed by atoms with E-state index in [-0.39, 0.29) is 0 Å². The molecular weight excluding hydrogens is 128 g/mol. The molecule has 0 aliphatic rings. The molecule has 0 bridgehead atoms. The van der Waals surface area contributed by atoms with Gasteiger partial charge in [-0.05, 0) is 0 Å². The van der Waals surface area contributed by atoms with Crippen molar-refractivity contribution >= 4 is 20.0 Å². The van der Waals surface area contributed by atoms with Crippen LogP contribution in [0.25, 0.3) is 0 Å². The Bertz CT molecular complexity index is 48.2. The molecule has 0 saturated carbocycles. The molecule has 0 aromatic rings. The first-order chi connectivity index (χ1) is 3.41. The summed E-state index contributed by atoms with van der Waals surface area (Å²) in [5.74, 6) is 0. The molecule has 0 amide bonds. The average Bonchev–Trinajstić information content (AvgIpc) is 1.69. The summed E-state index contributed by atoms with van der Waals surface area (Å²) < 4.78 is 9.24. The smallest absolute Gasteiger partial charge is 0.356 e. The van der Waals surface area contributed by atoms with Crippen LogP contribution < -0.4 is 0 Å². The standard InChI is InChI=1S/C2H8O3Si2/c1-2-4-7-5-6-3/h2-3H,1,6-7H2. The van der Waals surface area contributed by atoms with Crippen molar-refractivity contribution in [1.29, 1.82) is 0 Å². The van der Waals surface area contributed by atoms with Gasteiger partial charge in [-0.25, -0.2) is 0 Å². The van der Waals surface area contributed by atoms with Crippen LogP contribution in [-0.4, -0.2) is 24.8 Å². The number of rotatable bonds is 4. The normalized spacial score (nSPS) is 11.6. The molecule has 0 heterocycles. The van der Waals surface area contributed by atoms with Gasteiger partial charge in [-0.15, -0.1) is 0 Å². The van der Waals surface area contributed by atoms with Crippen molar-refractivity contribution < 1.29 is 13.3 Å². The van der Waals surface area contributed by atoms with Crippen molar-refractivity contribution in [2.24, 2.45) is 0 Å². The molecule has 0 aromatic carbocycles. The minimum atomic E-state index is -1.22. The Labute approximate surface area is 47.1 Å². The van der Waals surface area contributed by atoms with E-state index in [0.717, 1.165) is 0 Å². The van der Waals surface area contributed by atoms with Crippen molar-refractivity contribution in [2.45, 2.75) is 0 Å². The fourth-order valence-corrected chi connectivity index (χ4v) is 0.913. The van der Waals surface area contributed by atoms with Crippen LogP contribution in [0, 0.1) is 0 Å². The van der Waals surface area contributed by atoms with E-state index in [1.807, 2.05) is 0 Å². The van der Waals surface area contributed by atoms with Crippen molar-refractivity contribution in [3.8, 4) is 0 Å². The van der Waals surface area contributed by atoms with Gasteiger partial charge in [0.05, 0.1) is 6.26 Å². The van der Waals surface area contributed by atoms with Gasteiger partial charge in [-0.1, -0.05) is 6.58 Å². The minimum absolute atomic E-state index is 0.895. The van der Waals surface area contributed by atoms with Crippen LogP contribution in [0.15, 0.2) is 12.8 Å². The van der Waals surface area contributed by atoms with Gasteiger partial charge in [0, 0.05) is 0 Å². The van der Waals surface area contributed by atoms with E-state index in [9.17, 15) is 0 Å². The maximum Gasteiger partial charge on any atom is 0.356 e. The molecule has 0 aromatic heterocycles. The van der Waals surface area contributed by atoms with Crippen molar-refractivity contribution in [1.82, 2.24) is 0 Å². The first kappa shape index (κ1) is 6.89. The summed E-state index contributed by atoms with van der Waals surface area (Å²) in [6, 6.07) is 0. The van der Waals surface area contributed by atoms with Crippen LogP contribution in [-0.2, 0) is 8.54 Å². The van der Waals surface area contributed by atoms with E-state index in [1.165, 1.54) is 6.26 Å². The van der Waals surface area contributed by atoms with Gasteiger partial charge in [-0.3, -0.25) is 0 Å². The molecule has 0 unspecified atom stereocenters. The highest BCUT2D eigenvalue weighted by Crippen LogP contribution is 1.67. The Kier molecular flexibility index (Phi) is 5.80. The SMILES string of the molecule is C=CO[SiH2]O[SiH2]O. The summed E-state index contributed by atoms with van der Waals surface area (Å²) in [5, 5.41) is 0. The summed E-state index contributed by atoms with van der Waals surface area (Å²) in [4.78, 5) is 8.13. The molecule has 0 rings (SSSR count). The molecule has 0 radical (unpaired) electrons. The van der Waals surface area contributed by atoms with Crippen LogP contribution in [0.5, 0.6) is 0 Å². The lowest BCUT2D eigenvalue weighted by Crippen LogP contribution is -2.03. The fraction of sp³-hybridized carbons (Fsp3) is 0. The minimum Gasteiger partial charge on any atom is -0.532 e. The van der Waals surface area contributed by atoms with Gasteiger partial charge in [0.1, 0.15) is 0 Å². The first-order valence-corrected chi connectivity index (χ1v) is 4.19. The molecule has 3 nitrogen and oxygen atoms in total. The molecule has 0 spiro atoms. The molecule has 42 valence electrons. The predicted molar refractivity (Wildman–Crippen MR) is 31.7 cm³/mol. The van der Waals surface area contributed by atoms with Gasteiger partial charge in [0.25, 0.3) is 10.0 Å². The Morgan fingerprint density at radius 1 is 1.71 bits per heavy atom. The fourth-order valence-electron chi connectivity index (χ4n) is 0.133. The molecule has 0 saturated heterocycles. The molecule has 0 aliphatic heterocycles. The summed E-state index contributed by atoms with van der Waals surface area (Å²) >= 11 is 0. The van der Waals surface area contributed by atoms with Crippen molar-refractivity contribution in [3.63, 3.8) is 0 Å². The zero-order valence-electron chi connectivity index (χ0n) is 3.96. The van der Waals surface area contributed by atoms with E-state index >= 15 is 0 Å². The van der Waals surface area contributed by atoms with Gasteiger partial charge in [-0.2, -0.15) is 0 Å². The molecule has 7 heavy (non-hydrogen) atoms. The van der Waals surface area contributed by atoms with Crippen LogP contribution >= 0.6 is 0 Å². The Morgan fingerprint density at radius 2 is 2.43 bits per heavy atom. The molecule has 5 heteroatoms. The highest BCUT2D eigenvalue weighted by molar-refractivity contribution is 6.33. The second-order valence-electron chi connectivity index (χ2n) is 0.784. The lowest BCUT2D eigenvalue weighted by atomic mass is 11.2. The molecular formula is C2H8O3Si2. The first-order valence-electron chi connectivity index (χ1n) is 1.83. The summed E-state index contributed by atoms with van der Waals surface area (Å²) in [7, 11) is -2.11. The van der Waals surface area contributed by atoms with Crippen LogP contribution in [0.4, 0.5) is 0 Å². The summed E-state index contributed by atoms with van der Waals surface area (Å²) in [6.07, 6.45) is 1.33. The van der Waals surface area contributed by atoms with Crippen LogP contribution in [0.1, 0.15) is 0 Å². The molecule has 0 atom stereocenters. The zero-order valence-corrected chi connectivity index (χ0v) is 6.79. The lowest BCUT2D eigenvalue weighted by molar-refractivity contribution is 0.384. The zero-order chi connectivity index (χ0) is 5.54. The molecule has 0 fully saturated rings. The number of hydrogen-bond acceptors (Lipinski definition) is 3. The maximum absolute atomic E-state index is 8.13. The second kappa shape index (κ2) is 5.89. The van der Waals surface area contributed by atoms with E-state index in [2.05, 4.69) is 15.1 Å². The Hall–Kier alpha value is -0.106. The van der Waals surface area contributed by atoms with Gasteiger partial charge in [0.2, 0.25) is 0 Å². The topological polar surface area (TPSA) is 38.7 Å². The second-order valence-corrected chi connectivity index (χ2v) is 3.24. The van der Waals surface area contributed by atoms with Gasteiger partial charge >= 0.3 is 10.0 Å². The van der Waals surface area contributed by atoms with Crippen LogP contribution in [0.3, 0.4) is 0 Å². The monoisotopic (exact) mass is 136 g/mol. The molecule has 1 N–H and O–H groups in total. The van der Waals surface area contributed by atoms with Crippen molar-refractivity contribution in [2.75, 3.05) is 0 Å². The number of hydrogen-bond donors (Lipinski definition) is 1. The predicted octanol–water partition coefficient (Wildman–Crippen LogP) is -1.85. The van der Waals surface area contributed by atoms with E-state index < -0.39 is 20.0 Å². The third-order valence-corrected chi connectivity index (χ3v) is 2.13. The molecule has 0 aliphatic carbocycles. The quantitative estimate of drug-likeness (QED) is 0.280. The largest absolute Gasteiger partial charge is 0.532 e. The highest BCUT2D eigenvalue weighted by Gasteiger charge is 1.79. The van der Waals surface area contributed by atoms with E-state index in [0.29, 0.717) is 0 Å². The Morgan fingerprint density at radius 3 is 2.86 bits per heavy atom. The third-order valence-electron chi connectivity index (χ3n) is 0.361. The van der Waals surface area contributed by atoms with Gasteiger partial charge in [0.15, 0.2) is 0 Å². The van der Waals surface area contributed by atoms with Crippen LogP contribution in [0.2, 0.25) is 0 Å². The Balaban J connectivity index is 2.56. The highest BCUT2D eigenvalue weighted by atomic mass is 28.3. The van der Waals surface area contributed by atoms with E-state index in [4.69, 9.17) is 4.80 Å². The van der Waals surface area contributed by atoms with E-state index in [1.54, 1.807) is 0 Å². The lowest BCUT2D eigenvalue weighted by Gasteiger charge is -1.95. The van der Waals surface area contributed by atoms with Gasteiger partial charge < -0.3 is 13.3 Å². The average molecular weight is 136 g/mol. The third kappa shape index (κ3) is 5.89. The van der Waals surface area contributed by atoms with Crippen molar-refractivity contribution in [3.05, 3.63) is 12.8 Å². The summed E-state index contributed by atoms with van der Waals surface area (Å²) in [5.41, 5.74) is 0. The maximum atomic E-state index is 8.13.